The molecule has 0 atom stereocenters. The Labute approximate surface area is 220 Å². The summed E-state index contributed by atoms with van der Waals surface area (Å²) in [4.78, 5) is 19.6. The summed E-state index contributed by atoms with van der Waals surface area (Å²) >= 11 is 1.66. The van der Waals surface area contributed by atoms with Gasteiger partial charge in [0.25, 0.3) is 5.91 Å². The van der Waals surface area contributed by atoms with Crippen molar-refractivity contribution in [1.29, 1.82) is 0 Å². The molecule has 0 bridgehead atoms. The number of carbonyl (C=O) groups excluding carboxylic acids is 1. The van der Waals surface area contributed by atoms with Gasteiger partial charge < -0.3 is 14.3 Å². The van der Waals surface area contributed by atoms with Gasteiger partial charge in [0.1, 0.15) is 10.8 Å². The first-order valence-electron chi connectivity index (χ1n) is 12.8. The SMILES string of the molecule is Cc1c(C=Nc2sc3c(c2C(=O)NCc2ccco2)CCCC3)c2ccccc2n1Cc1ccccc1. The summed E-state index contributed by atoms with van der Waals surface area (Å²) in [5, 5.41) is 5.01. The molecule has 6 heteroatoms. The summed E-state index contributed by atoms with van der Waals surface area (Å²) in [6.07, 6.45) is 7.80. The zero-order chi connectivity index (χ0) is 25.2. The highest BCUT2D eigenvalue weighted by atomic mass is 32.1. The zero-order valence-corrected chi connectivity index (χ0v) is 21.7. The van der Waals surface area contributed by atoms with Crippen LogP contribution in [-0.2, 0) is 25.9 Å². The maximum absolute atomic E-state index is 13.4. The van der Waals surface area contributed by atoms with E-state index in [-0.39, 0.29) is 5.91 Å². The van der Waals surface area contributed by atoms with E-state index in [2.05, 4.69) is 65.3 Å². The van der Waals surface area contributed by atoms with Crippen molar-refractivity contribution in [3.63, 3.8) is 0 Å². The lowest BCUT2D eigenvalue weighted by molar-refractivity contribution is 0.0948. The third-order valence-electron chi connectivity index (χ3n) is 7.16. The molecule has 0 aliphatic heterocycles. The predicted molar refractivity (Wildman–Crippen MR) is 150 cm³/mol. The molecule has 0 radical (unpaired) electrons. The number of nitrogens with zero attached hydrogens (tertiary/aromatic N) is 2. The normalized spacial score (nSPS) is 13.3. The van der Waals surface area contributed by atoms with Gasteiger partial charge in [0, 0.05) is 39.8 Å². The Kier molecular flexibility index (Phi) is 6.49. The van der Waals surface area contributed by atoms with Crippen LogP contribution in [0.5, 0.6) is 0 Å². The van der Waals surface area contributed by atoms with E-state index in [1.807, 2.05) is 24.4 Å². The van der Waals surface area contributed by atoms with Gasteiger partial charge in [-0.05, 0) is 61.9 Å². The number of aromatic nitrogens is 1. The number of hydrogen-bond donors (Lipinski definition) is 1. The van der Waals surface area contributed by atoms with E-state index in [4.69, 9.17) is 9.41 Å². The second-order valence-corrected chi connectivity index (χ2v) is 10.6. The van der Waals surface area contributed by atoms with Gasteiger partial charge >= 0.3 is 0 Å². The maximum atomic E-state index is 13.4. The zero-order valence-electron chi connectivity index (χ0n) is 20.9. The van der Waals surface area contributed by atoms with Gasteiger partial charge in [-0.25, -0.2) is 4.99 Å². The smallest absolute Gasteiger partial charge is 0.255 e. The summed E-state index contributed by atoms with van der Waals surface area (Å²) in [6.45, 7) is 3.32. The first-order chi connectivity index (χ1) is 18.2. The molecule has 0 fully saturated rings. The van der Waals surface area contributed by atoms with Crippen molar-refractivity contribution < 1.29 is 9.21 Å². The molecule has 1 aliphatic rings. The van der Waals surface area contributed by atoms with Crippen LogP contribution in [-0.4, -0.2) is 16.7 Å². The van der Waals surface area contributed by atoms with Crippen molar-refractivity contribution in [3.05, 3.63) is 112 Å². The Morgan fingerprint density at radius 3 is 2.70 bits per heavy atom. The molecule has 1 N–H and O–H groups in total. The highest BCUT2D eigenvalue weighted by Gasteiger charge is 2.25. The van der Waals surface area contributed by atoms with E-state index in [1.165, 1.54) is 32.6 Å². The van der Waals surface area contributed by atoms with Crippen LogP contribution >= 0.6 is 11.3 Å². The highest BCUT2D eigenvalue weighted by molar-refractivity contribution is 7.16. The number of thiophene rings is 1. The van der Waals surface area contributed by atoms with Crippen LogP contribution in [0.25, 0.3) is 10.9 Å². The van der Waals surface area contributed by atoms with Crippen molar-refractivity contribution in [2.45, 2.75) is 45.7 Å². The molecule has 0 saturated heterocycles. The molecule has 0 spiro atoms. The number of aryl methyl sites for hydroxylation is 1. The van der Waals surface area contributed by atoms with Crippen molar-refractivity contribution in [3.8, 4) is 0 Å². The van der Waals surface area contributed by atoms with Gasteiger partial charge in [-0.1, -0.05) is 48.5 Å². The lowest BCUT2D eigenvalue weighted by atomic mass is 9.95. The molecule has 2 aromatic carbocycles. The standard InChI is InChI=1S/C31H29N3O2S/c1-21-26(24-13-5-7-15-27(24)34(21)20-22-10-3-2-4-11-22)19-33-31-29(25-14-6-8-16-28(25)37-31)30(35)32-18-23-12-9-17-36-23/h2-5,7,9-13,15,17,19H,6,8,14,16,18,20H2,1H3,(H,32,35). The van der Waals surface area contributed by atoms with Crippen LogP contribution in [0.4, 0.5) is 5.00 Å². The molecular weight excluding hydrogens is 478 g/mol. The van der Waals surface area contributed by atoms with Gasteiger partial charge in [-0.3, -0.25) is 4.79 Å². The third-order valence-corrected chi connectivity index (χ3v) is 8.36. The second kappa shape index (κ2) is 10.2. The Bertz CT molecular complexity index is 1580. The maximum Gasteiger partial charge on any atom is 0.255 e. The average Bonchev–Trinajstić information content (AvgIpc) is 3.64. The molecule has 0 unspecified atom stereocenters. The number of aliphatic imine (C=N–C) groups is 1. The fourth-order valence-corrected chi connectivity index (χ4v) is 6.49. The summed E-state index contributed by atoms with van der Waals surface area (Å²) in [6, 6.07) is 22.7. The summed E-state index contributed by atoms with van der Waals surface area (Å²) in [5.74, 6) is 0.663. The molecule has 1 amide bonds. The summed E-state index contributed by atoms with van der Waals surface area (Å²) in [5.41, 5.74) is 6.61. The molecule has 5 nitrogen and oxygen atoms in total. The van der Waals surface area contributed by atoms with Crippen LogP contribution in [0, 0.1) is 6.92 Å². The Morgan fingerprint density at radius 2 is 1.86 bits per heavy atom. The van der Waals surface area contributed by atoms with Crippen LogP contribution in [0.1, 0.15) is 56.2 Å². The number of amides is 1. The Balaban J connectivity index is 1.37. The van der Waals surface area contributed by atoms with Crippen molar-refractivity contribution in [2.75, 3.05) is 0 Å². The van der Waals surface area contributed by atoms with E-state index in [0.29, 0.717) is 6.54 Å². The molecule has 1 aliphatic carbocycles. The van der Waals surface area contributed by atoms with E-state index >= 15 is 0 Å². The van der Waals surface area contributed by atoms with Crippen molar-refractivity contribution in [2.24, 2.45) is 4.99 Å². The van der Waals surface area contributed by atoms with Gasteiger partial charge in [0.05, 0.1) is 18.4 Å². The minimum atomic E-state index is -0.0776. The van der Waals surface area contributed by atoms with E-state index in [0.717, 1.165) is 54.1 Å². The van der Waals surface area contributed by atoms with Crippen molar-refractivity contribution in [1.82, 2.24) is 9.88 Å². The number of para-hydroxylation sites is 1. The molecule has 0 saturated carbocycles. The van der Waals surface area contributed by atoms with Crippen molar-refractivity contribution >= 4 is 39.4 Å². The average molecular weight is 508 g/mol. The van der Waals surface area contributed by atoms with Crippen LogP contribution in [0.2, 0.25) is 0 Å². The molecule has 6 rings (SSSR count). The monoisotopic (exact) mass is 507 g/mol. The molecule has 186 valence electrons. The third kappa shape index (κ3) is 4.65. The molecule has 3 aromatic heterocycles. The highest BCUT2D eigenvalue weighted by Crippen LogP contribution is 2.40. The molecule has 37 heavy (non-hydrogen) atoms. The molecule has 5 aromatic rings. The van der Waals surface area contributed by atoms with E-state index in [1.54, 1.807) is 17.6 Å². The number of rotatable bonds is 7. The fraction of sp³-hybridized carbons (Fsp3) is 0.226. The van der Waals surface area contributed by atoms with E-state index in [9.17, 15) is 4.79 Å². The molecular formula is C31H29N3O2S. The topological polar surface area (TPSA) is 59.5 Å². The minimum Gasteiger partial charge on any atom is -0.467 e. The first kappa shape index (κ1) is 23.5. The quantitative estimate of drug-likeness (QED) is 0.237. The lowest BCUT2D eigenvalue weighted by Crippen LogP contribution is -2.23. The fourth-order valence-electron chi connectivity index (χ4n) is 5.26. The number of furan rings is 1. The van der Waals surface area contributed by atoms with Crippen LogP contribution < -0.4 is 5.32 Å². The number of fused-ring (bicyclic) bond motifs is 2. The van der Waals surface area contributed by atoms with E-state index < -0.39 is 0 Å². The Hall–Kier alpha value is -3.90. The van der Waals surface area contributed by atoms with Gasteiger partial charge in [0.2, 0.25) is 0 Å². The molecule has 3 heterocycles. The summed E-state index contributed by atoms with van der Waals surface area (Å²) in [7, 11) is 0. The van der Waals surface area contributed by atoms with Crippen LogP contribution in [0.3, 0.4) is 0 Å². The predicted octanol–water partition coefficient (Wildman–Crippen LogP) is 7.21. The second-order valence-electron chi connectivity index (χ2n) is 9.50. The minimum absolute atomic E-state index is 0.0776. The Morgan fingerprint density at radius 1 is 1.05 bits per heavy atom. The lowest BCUT2D eigenvalue weighted by Gasteiger charge is -2.12. The van der Waals surface area contributed by atoms with Crippen LogP contribution in [0.15, 0.2) is 82.4 Å². The summed E-state index contributed by atoms with van der Waals surface area (Å²) < 4.78 is 7.75. The number of hydrogen-bond acceptors (Lipinski definition) is 4. The van der Waals surface area contributed by atoms with Gasteiger partial charge in [0.15, 0.2) is 0 Å². The van der Waals surface area contributed by atoms with Gasteiger partial charge in [-0.2, -0.15) is 0 Å². The first-order valence-corrected chi connectivity index (χ1v) is 13.6. The number of nitrogens with one attached hydrogen (secondary N) is 1. The number of carbonyl (C=O) groups is 1. The largest absolute Gasteiger partial charge is 0.467 e. The van der Waals surface area contributed by atoms with Gasteiger partial charge in [-0.15, -0.1) is 11.3 Å². The number of benzene rings is 2.